The summed E-state index contributed by atoms with van der Waals surface area (Å²) in [4.78, 5) is 0. The molecular weight excluding hydrogens is 697 g/mol. The number of hydrogen-bond donors (Lipinski definition) is 0. The van der Waals surface area contributed by atoms with Gasteiger partial charge in [-0.3, -0.25) is 0 Å². The Labute approximate surface area is 340 Å². The highest BCUT2D eigenvalue weighted by atomic mass is 14.4. The molecule has 0 radical (unpaired) electrons. The van der Waals surface area contributed by atoms with Gasteiger partial charge in [0.15, 0.2) is 0 Å². The molecule has 0 fully saturated rings. The third-order valence-corrected chi connectivity index (χ3v) is 13.8. The number of fused-ring (bicyclic) bond motifs is 11. The van der Waals surface area contributed by atoms with Crippen LogP contribution in [0.2, 0.25) is 0 Å². The Bertz CT molecular complexity index is 3330. The molecule has 10 aromatic carbocycles. The van der Waals surface area contributed by atoms with Gasteiger partial charge in [0.2, 0.25) is 0 Å². The lowest BCUT2D eigenvalue weighted by atomic mass is 9.78. The second-order valence-corrected chi connectivity index (χ2v) is 17.6. The molecule has 10 aromatic rings. The lowest BCUT2D eigenvalue weighted by Gasteiger charge is -2.25. The summed E-state index contributed by atoms with van der Waals surface area (Å²) in [6, 6.07) is 68.7. The van der Waals surface area contributed by atoms with E-state index in [0.29, 0.717) is 0 Å². The van der Waals surface area contributed by atoms with E-state index in [-0.39, 0.29) is 10.8 Å². The zero-order valence-electron chi connectivity index (χ0n) is 33.3. The third-order valence-electron chi connectivity index (χ3n) is 13.8. The summed E-state index contributed by atoms with van der Waals surface area (Å²) in [5.41, 5.74) is 18.5. The van der Waals surface area contributed by atoms with Crippen molar-refractivity contribution in [2.45, 2.75) is 38.5 Å². The third kappa shape index (κ3) is 4.46. The zero-order chi connectivity index (χ0) is 38.9. The topological polar surface area (TPSA) is 0 Å². The van der Waals surface area contributed by atoms with E-state index in [2.05, 4.69) is 210 Å². The van der Waals surface area contributed by atoms with E-state index in [9.17, 15) is 0 Å². The second-order valence-electron chi connectivity index (χ2n) is 17.6. The SMILES string of the molecule is CC1(C)c2ccccc2-c2c1cc(-c1c3ccccc3c(-c3cccc(-c4cccc5c4C(C)(C)c4cc6ccccc6cc4-5)c3)c3ccccc13)c1ccccc21. The molecule has 0 bridgehead atoms. The van der Waals surface area contributed by atoms with Crippen molar-refractivity contribution < 1.29 is 0 Å². The van der Waals surface area contributed by atoms with Crippen LogP contribution in [0.15, 0.2) is 182 Å². The van der Waals surface area contributed by atoms with Gasteiger partial charge in [0.1, 0.15) is 0 Å². The van der Waals surface area contributed by atoms with Crippen LogP contribution in [-0.2, 0) is 10.8 Å². The molecule has 0 heterocycles. The van der Waals surface area contributed by atoms with Crippen molar-refractivity contribution in [2.24, 2.45) is 0 Å². The van der Waals surface area contributed by atoms with E-state index in [1.165, 1.54) is 121 Å². The van der Waals surface area contributed by atoms with E-state index in [0.717, 1.165) is 0 Å². The van der Waals surface area contributed by atoms with Crippen molar-refractivity contribution in [2.75, 3.05) is 0 Å². The summed E-state index contributed by atoms with van der Waals surface area (Å²) in [5.74, 6) is 0. The molecule has 2 aliphatic rings. The van der Waals surface area contributed by atoms with Crippen molar-refractivity contribution in [3.05, 3.63) is 204 Å². The van der Waals surface area contributed by atoms with Crippen molar-refractivity contribution in [1.82, 2.24) is 0 Å². The van der Waals surface area contributed by atoms with Crippen molar-refractivity contribution in [1.29, 1.82) is 0 Å². The Morgan fingerprint density at radius 2 is 0.793 bits per heavy atom. The van der Waals surface area contributed by atoms with E-state index >= 15 is 0 Å². The van der Waals surface area contributed by atoms with Crippen LogP contribution in [0.1, 0.15) is 49.9 Å². The predicted octanol–water partition coefficient (Wildman–Crippen LogP) is 15.9. The van der Waals surface area contributed by atoms with Crippen LogP contribution >= 0.6 is 0 Å². The molecule has 12 rings (SSSR count). The molecule has 0 heteroatoms. The van der Waals surface area contributed by atoms with Crippen molar-refractivity contribution >= 4 is 43.1 Å². The molecular formula is C58H42. The van der Waals surface area contributed by atoms with E-state index in [4.69, 9.17) is 0 Å². The van der Waals surface area contributed by atoms with E-state index < -0.39 is 0 Å². The maximum Gasteiger partial charge on any atom is 0.0165 e. The fourth-order valence-corrected chi connectivity index (χ4v) is 11.1. The van der Waals surface area contributed by atoms with Crippen molar-refractivity contribution in [3.63, 3.8) is 0 Å². The minimum absolute atomic E-state index is 0.113. The number of rotatable bonds is 3. The van der Waals surface area contributed by atoms with E-state index in [1.807, 2.05) is 0 Å². The normalized spacial score (nSPS) is 14.5. The maximum absolute atomic E-state index is 2.53. The van der Waals surface area contributed by atoms with Crippen LogP contribution in [0.25, 0.3) is 98.7 Å². The van der Waals surface area contributed by atoms with Crippen LogP contribution in [0.3, 0.4) is 0 Å². The molecule has 2 aliphatic carbocycles. The second kappa shape index (κ2) is 11.9. The first kappa shape index (κ1) is 33.4. The summed E-state index contributed by atoms with van der Waals surface area (Å²) in [6.07, 6.45) is 0. The van der Waals surface area contributed by atoms with Crippen LogP contribution in [-0.4, -0.2) is 0 Å². The summed E-state index contributed by atoms with van der Waals surface area (Å²) < 4.78 is 0. The fourth-order valence-electron chi connectivity index (χ4n) is 11.1. The summed E-state index contributed by atoms with van der Waals surface area (Å²) in [6.45, 7) is 9.60. The largest absolute Gasteiger partial charge is 0.0619 e. The van der Waals surface area contributed by atoms with E-state index in [1.54, 1.807) is 0 Å². The highest BCUT2D eigenvalue weighted by Crippen LogP contribution is 2.56. The quantitative estimate of drug-likeness (QED) is 0.158. The Balaban J connectivity index is 1.09. The zero-order valence-corrected chi connectivity index (χ0v) is 33.3. The minimum atomic E-state index is -0.142. The molecule has 0 spiro atoms. The molecule has 0 saturated carbocycles. The van der Waals surface area contributed by atoms with Crippen LogP contribution < -0.4 is 0 Å². The van der Waals surface area contributed by atoms with Gasteiger partial charge < -0.3 is 0 Å². The van der Waals surface area contributed by atoms with Gasteiger partial charge in [0.05, 0.1) is 0 Å². The van der Waals surface area contributed by atoms with Gasteiger partial charge >= 0.3 is 0 Å². The van der Waals surface area contributed by atoms with Gasteiger partial charge in [-0.25, -0.2) is 0 Å². The van der Waals surface area contributed by atoms with Gasteiger partial charge in [-0.2, -0.15) is 0 Å². The van der Waals surface area contributed by atoms with Gasteiger partial charge in [-0.15, -0.1) is 0 Å². The highest BCUT2D eigenvalue weighted by Gasteiger charge is 2.39. The maximum atomic E-state index is 2.53. The number of hydrogen-bond acceptors (Lipinski definition) is 0. The van der Waals surface area contributed by atoms with Crippen LogP contribution in [0.5, 0.6) is 0 Å². The minimum Gasteiger partial charge on any atom is -0.0619 e. The lowest BCUT2D eigenvalue weighted by Crippen LogP contribution is -2.16. The standard InChI is InChI=1S/C58H42/c1-57(2)50-30-14-13-27-47(50)55-41-22-8-7-21-40(41)49(34-52(55)57)54-44-25-11-9-23-42(44)53(43-24-10-12-26-45(43)54)38-20-15-19-37(31-38)39-28-16-29-46-48-32-35-17-5-6-18-36(35)33-51(48)58(3,4)56(39)46/h5-34H,1-4H3. The van der Waals surface area contributed by atoms with Gasteiger partial charge in [0.25, 0.3) is 0 Å². The van der Waals surface area contributed by atoms with Crippen LogP contribution in [0, 0.1) is 0 Å². The van der Waals surface area contributed by atoms with Gasteiger partial charge in [0, 0.05) is 10.8 Å². The molecule has 58 heavy (non-hydrogen) atoms. The summed E-state index contributed by atoms with van der Waals surface area (Å²) >= 11 is 0. The van der Waals surface area contributed by atoms with Gasteiger partial charge in [-0.05, 0) is 145 Å². The Kier molecular flexibility index (Phi) is 6.84. The molecule has 0 saturated heterocycles. The van der Waals surface area contributed by atoms with Crippen LogP contribution in [0.4, 0.5) is 0 Å². The lowest BCUT2D eigenvalue weighted by molar-refractivity contribution is 0.661. The molecule has 0 nitrogen and oxygen atoms in total. The monoisotopic (exact) mass is 738 g/mol. The molecule has 0 aromatic heterocycles. The average molecular weight is 739 g/mol. The molecule has 0 amide bonds. The fraction of sp³-hybridized carbons (Fsp3) is 0.103. The Morgan fingerprint density at radius 1 is 0.276 bits per heavy atom. The highest BCUT2D eigenvalue weighted by molar-refractivity contribution is 6.24. The Morgan fingerprint density at radius 3 is 1.50 bits per heavy atom. The average Bonchev–Trinajstić information content (AvgIpc) is 3.63. The number of benzene rings is 10. The molecule has 0 atom stereocenters. The molecule has 274 valence electrons. The molecule has 0 unspecified atom stereocenters. The van der Waals surface area contributed by atoms with Crippen molar-refractivity contribution in [3.8, 4) is 55.6 Å². The predicted molar refractivity (Wildman–Crippen MR) is 248 cm³/mol. The first-order valence-electron chi connectivity index (χ1n) is 20.7. The van der Waals surface area contributed by atoms with Gasteiger partial charge in [-0.1, -0.05) is 185 Å². The molecule has 0 aliphatic heterocycles. The Hall–Kier alpha value is -6.76. The molecule has 0 N–H and O–H groups in total. The summed E-state index contributed by atoms with van der Waals surface area (Å²) in [7, 11) is 0. The first-order chi connectivity index (χ1) is 28.3. The first-order valence-corrected chi connectivity index (χ1v) is 20.7. The smallest absolute Gasteiger partial charge is 0.0165 e. The summed E-state index contributed by atoms with van der Waals surface area (Å²) in [5, 5.41) is 10.3.